The largest absolute Gasteiger partial charge is 0.504 e. The van der Waals surface area contributed by atoms with Gasteiger partial charge >= 0.3 is 0 Å². The summed E-state index contributed by atoms with van der Waals surface area (Å²) in [5.74, 6) is 1.34. The van der Waals surface area contributed by atoms with Gasteiger partial charge in [0.1, 0.15) is 5.60 Å². The molecule has 72 heavy (non-hydrogen) atoms. The van der Waals surface area contributed by atoms with Crippen LogP contribution in [0.5, 0.6) is 34.5 Å². The van der Waals surface area contributed by atoms with Crippen LogP contribution in [0.15, 0.2) is 86.5 Å². The molecule has 2 saturated carbocycles. The van der Waals surface area contributed by atoms with Crippen molar-refractivity contribution < 1.29 is 59.2 Å². The zero-order chi connectivity index (χ0) is 50.1. The lowest BCUT2D eigenvalue weighted by Gasteiger charge is -2.62. The molecule has 6 heterocycles. The number of ether oxygens (including phenoxy) is 3. The van der Waals surface area contributed by atoms with Crippen LogP contribution in [-0.4, -0.2) is 155 Å². The van der Waals surface area contributed by atoms with E-state index in [-0.39, 0.29) is 52.7 Å². The number of phenolic OH excluding ortho intramolecular Hbond substituents is 3. The quantitative estimate of drug-likeness (QED) is 0.195. The van der Waals surface area contributed by atoms with Crippen molar-refractivity contribution in [3.8, 4) is 34.5 Å². The van der Waals surface area contributed by atoms with Gasteiger partial charge in [0.25, 0.3) is 0 Å². The number of carbonyl (C=O) groups is 3. The van der Waals surface area contributed by atoms with Crippen molar-refractivity contribution in [2.75, 3.05) is 39.3 Å². The Labute approximate surface area is 417 Å². The monoisotopic (exact) mass is 979 g/mol. The van der Waals surface area contributed by atoms with E-state index in [1.165, 1.54) is 6.08 Å². The summed E-state index contributed by atoms with van der Waals surface area (Å²) in [6, 6.07) is 10.4. The van der Waals surface area contributed by atoms with Crippen molar-refractivity contribution in [1.29, 1.82) is 0 Å². The average Bonchev–Trinajstić information content (AvgIpc) is 4.04. The number of nitrogens with zero attached hydrogens (tertiary/aromatic N) is 3. The number of hydrogen-bond donors (Lipinski definition) is 6. The number of benzene rings is 3. The number of piperidine rings is 3. The standard InChI is InChI=1S/2C19H21NO4.C19H19NO4/c3*1-2-8-20-9-7-18-15-11-3-4-12(21)16(15)24-17(18)13(22)5-6-19(18,23)14(20)10-11/h2*2-4,14,17,21,23H,1,5-10H2;2-6,14,17,21,23H,1,7-10H2/t3*14?,17-,18?,19+/m000/s1. The fourth-order valence-electron chi connectivity index (χ4n) is 17.0. The Balaban J connectivity index is 0.000000105. The van der Waals surface area contributed by atoms with Gasteiger partial charge in [0.2, 0.25) is 0 Å². The highest BCUT2D eigenvalue weighted by Crippen LogP contribution is 2.67. The Morgan fingerprint density at radius 2 is 0.903 bits per heavy atom. The molecule has 0 aromatic heterocycles. The summed E-state index contributed by atoms with van der Waals surface area (Å²) in [7, 11) is 0. The van der Waals surface area contributed by atoms with E-state index in [2.05, 4.69) is 34.4 Å². The summed E-state index contributed by atoms with van der Waals surface area (Å²) in [6.45, 7) is 16.0. The SMILES string of the molecule is C=CCN1CCC23c4c5ccc(O)c4O[C@H]2C(=O)C=C[C@@]3(O)C1C5.C=CCN1CCC23c4c5ccc(O)c4O[C@H]2C(=O)CC[C@@]3(O)C1C5.C=CCN1CCC23c4c5ccc(O)c4O[C@H]2C(=O)CC[C@@]3(O)C1C5. The minimum atomic E-state index is -1.18. The average molecular weight is 980 g/mol. The van der Waals surface area contributed by atoms with Crippen LogP contribution in [-0.2, 0) is 49.9 Å². The van der Waals surface area contributed by atoms with E-state index in [0.29, 0.717) is 88.0 Å². The zero-order valence-electron chi connectivity index (χ0n) is 40.2. The van der Waals surface area contributed by atoms with Crippen LogP contribution < -0.4 is 14.2 Å². The van der Waals surface area contributed by atoms with Crippen LogP contribution in [0.25, 0.3) is 0 Å². The number of likely N-dealkylation sites (tertiary alicyclic amines) is 3. The van der Waals surface area contributed by atoms with E-state index in [1.807, 2.05) is 36.4 Å². The van der Waals surface area contributed by atoms with E-state index in [9.17, 15) is 45.0 Å². The van der Waals surface area contributed by atoms with E-state index in [0.717, 1.165) is 66.1 Å². The van der Waals surface area contributed by atoms with Crippen molar-refractivity contribution in [2.45, 2.75) is 134 Å². The van der Waals surface area contributed by atoms with Gasteiger partial charge < -0.3 is 44.8 Å². The van der Waals surface area contributed by atoms with Gasteiger partial charge in [-0.05, 0) is 98.4 Å². The highest BCUT2D eigenvalue weighted by atomic mass is 16.5. The van der Waals surface area contributed by atoms with Crippen molar-refractivity contribution >= 4 is 17.3 Å². The van der Waals surface area contributed by atoms with E-state index < -0.39 is 51.4 Å². The third-order valence-corrected chi connectivity index (χ3v) is 19.8. The first-order valence-corrected chi connectivity index (χ1v) is 25.6. The van der Waals surface area contributed by atoms with Crippen molar-refractivity contribution in [3.63, 3.8) is 0 Å². The third kappa shape index (κ3) is 5.33. The van der Waals surface area contributed by atoms with E-state index >= 15 is 0 Å². The molecular formula is C57H61N3O12. The van der Waals surface area contributed by atoms with E-state index in [1.54, 1.807) is 24.3 Å². The molecule has 15 rings (SSSR count). The van der Waals surface area contributed by atoms with Crippen molar-refractivity contribution in [3.05, 3.63) is 120 Å². The second-order valence-corrected chi connectivity index (χ2v) is 22.4. The number of carbonyl (C=O) groups excluding carboxylic acids is 3. The minimum absolute atomic E-state index is 0.0408. The molecule has 12 atom stereocenters. The molecule has 0 amide bonds. The second kappa shape index (κ2) is 15.4. The molecule has 5 fully saturated rings. The second-order valence-electron chi connectivity index (χ2n) is 22.4. The fraction of sp³-hybridized carbons (Fsp3) is 0.491. The number of ketones is 3. The highest BCUT2D eigenvalue weighted by molar-refractivity contribution is 5.99. The van der Waals surface area contributed by atoms with Gasteiger partial charge in [-0.2, -0.15) is 0 Å². The Morgan fingerprint density at radius 3 is 1.33 bits per heavy atom. The molecule has 3 aromatic rings. The molecule has 6 aliphatic heterocycles. The first-order valence-electron chi connectivity index (χ1n) is 25.6. The summed E-state index contributed by atoms with van der Waals surface area (Å²) in [6.07, 6.45) is 12.2. The summed E-state index contributed by atoms with van der Waals surface area (Å²) in [4.78, 5) is 44.6. The molecule has 376 valence electrons. The number of aromatic hydroxyl groups is 3. The minimum Gasteiger partial charge on any atom is -0.504 e. The lowest BCUT2D eigenvalue weighted by molar-refractivity contribution is -0.187. The Bertz CT molecular complexity index is 2840. The van der Waals surface area contributed by atoms with Crippen LogP contribution in [0, 0.1) is 0 Å². The van der Waals surface area contributed by atoms with Gasteiger partial charge in [-0.15, -0.1) is 19.7 Å². The van der Waals surface area contributed by atoms with Crippen LogP contribution in [0.4, 0.5) is 0 Å². The Morgan fingerprint density at radius 1 is 0.528 bits per heavy atom. The molecular weight excluding hydrogens is 919 g/mol. The normalized spacial score (nSPS) is 39.1. The van der Waals surface area contributed by atoms with E-state index in [4.69, 9.17) is 14.2 Å². The van der Waals surface area contributed by atoms with Gasteiger partial charge in [0, 0.05) is 86.9 Å². The summed E-state index contributed by atoms with van der Waals surface area (Å²) < 4.78 is 17.9. The Kier molecular flexibility index (Phi) is 9.82. The maximum absolute atomic E-state index is 12.6. The fourth-order valence-corrected chi connectivity index (χ4v) is 17.0. The summed E-state index contributed by atoms with van der Waals surface area (Å²) in [5, 5.41) is 66.2. The molecule has 3 aromatic carbocycles. The lowest BCUT2D eigenvalue weighted by atomic mass is 9.49. The molecule has 12 aliphatic rings. The predicted octanol–water partition coefficient (Wildman–Crippen LogP) is 3.68. The molecule has 0 radical (unpaired) electrons. The number of rotatable bonds is 6. The van der Waals surface area contributed by atoms with Crippen LogP contribution >= 0.6 is 0 Å². The van der Waals surface area contributed by atoms with Gasteiger partial charge in [0.15, 0.2) is 70.2 Å². The third-order valence-electron chi connectivity index (χ3n) is 19.8. The highest BCUT2D eigenvalue weighted by Gasteiger charge is 2.75. The lowest BCUT2D eigenvalue weighted by Crippen LogP contribution is -2.76. The van der Waals surface area contributed by atoms with Gasteiger partial charge in [-0.3, -0.25) is 29.1 Å². The maximum atomic E-state index is 12.6. The number of aliphatic hydroxyl groups is 3. The topological polar surface area (TPSA) is 210 Å². The molecule has 15 heteroatoms. The number of hydrogen-bond acceptors (Lipinski definition) is 15. The smallest absolute Gasteiger partial charge is 0.196 e. The molecule has 6 bridgehead atoms. The first-order chi connectivity index (χ1) is 34.6. The van der Waals surface area contributed by atoms with Gasteiger partial charge in [0.05, 0.1) is 27.4 Å². The van der Waals surface area contributed by atoms with Crippen LogP contribution in [0.2, 0.25) is 0 Å². The van der Waals surface area contributed by atoms with Crippen LogP contribution in [0.3, 0.4) is 0 Å². The molecule has 6 N–H and O–H groups in total. The summed E-state index contributed by atoms with van der Waals surface area (Å²) >= 11 is 0. The molecule has 3 spiro atoms. The maximum Gasteiger partial charge on any atom is 0.196 e. The predicted molar refractivity (Wildman–Crippen MR) is 262 cm³/mol. The Hall–Kier alpha value is -5.81. The van der Waals surface area contributed by atoms with Crippen LogP contribution in [0.1, 0.15) is 78.3 Å². The van der Waals surface area contributed by atoms with Gasteiger partial charge in [-0.25, -0.2) is 0 Å². The zero-order valence-corrected chi connectivity index (χ0v) is 40.2. The molecule has 6 unspecified atom stereocenters. The first kappa shape index (κ1) is 46.0. The molecule has 3 saturated heterocycles. The number of phenols is 3. The molecule has 15 nitrogen and oxygen atoms in total. The number of Topliss-reactive ketones (excluding diaryl/α,β-unsaturated/α-hetero) is 2. The van der Waals surface area contributed by atoms with Crippen molar-refractivity contribution in [1.82, 2.24) is 14.7 Å². The molecule has 6 aliphatic carbocycles. The van der Waals surface area contributed by atoms with Gasteiger partial charge in [-0.1, -0.05) is 36.4 Å². The van der Waals surface area contributed by atoms with Crippen molar-refractivity contribution in [2.24, 2.45) is 0 Å². The summed E-state index contributed by atoms with van der Waals surface area (Å²) in [5.41, 5.74) is 0.416.